The third kappa shape index (κ3) is 3.01. The Morgan fingerprint density at radius 3 is 2.58 bits per heavy atom. The number of nitrogens with two attached hydrogens (primary N) is 1. The summed E-state index contributed by atoms with van der Waals surface area (Å²) in [5, 5.41) is 3.16. The first kappa shape index (κ1) is 13.7. The van der Waals surface area contributed by atoms with E-state index in [1.807, 2.05) is 20.9 Å². The number of thiazole rings is 1. The minimum absolute atomic E-state index is 0.325. The van der Waals surface area contributed by atoms with E-state index in [0.717, 1.165) is 40.7 Å². The molecule has 2 aromatic heterocycles. The van der Waals surface area contributed by atoms with Crippen LogP contribution in [0.2, 0.25) is 0 Å². The Bertz CT molecular complexity index is 578. The molecular weight excluding hydrogens is 258 g/mol. The molecule has 6 heteroatoms. The highest BCUT2D eigenvalue weighted by Crippen LogP contribution is 2.23. The molecule has 0 aliphatic heterocycles. The molecule has 0 atom stereocenters. The van der Waals surface area contributed by atoms with Crippen LogP contribution in [0, 0.1) is 13.8 Å². The fraction of sp³-hybridized carbons (Fsp3) is 0.462. The zero-order valence-corrected chi connectivity index (χ0v) is 12.6. The van der Waals surface area contributed by atoms with Crippen LogP contribution in [0.1, 0.15) is 28.9 Å². The van der Waals surface area contributed by atoms with Crippen molar-refractivity contribution in [3.8, 4) is 0 Å². The van der Waals surface area contributed by atoms with Gasteiger partial charge in [-0.1, -0.05) is 6.92 Å². The van der Waals surface area contributed by atoms with Gasteiger partial charge in [-0.3, -0.25) is 0 Å². The van der Waals surface area contributed by atoms with Gasteiger partial charge in [0.2, 0.25) is 5.95 Å². The van der Waals surface area contributed by atoms with Crippen LogP contribution in [0.4, 0.5) is 11.8 Å². The second-order valence-corrected chi connectivity index (χ2v) is 5.60. The van der Waals surface area contributed by atoms with Gasteiger partial charge in [0, 0.05) is 23.7 Å². The Labute approximate surface area is 117 Å². The Kier molecular flexibility index (Phi) is 3.99. The summed E-state index contributed by atoms with van der Waals surface area (Å²) in [5.41, 5.74) is 8.91. The molecule has 0 aromatic carbocycles. The van der Waals surface area contributed by atoms with Gasteiger partial charge >= 0.3 is 0 Å². The van der Waals surface area contributed by atoms with Crippen LogP contribution >= 0.6 is 11.3 Å². The number of nitrogens with zero attached hydrogens (tertiary/aromatic N) is 4. The van der Waals surface area contributed by atoms with Gasteiger partial charge in [0.25, 0.3) is 0 Å². The van der Waals surface area contributed by atoms with Crippen LogP contribution in [-0.2, 0) is 13.0 Å². The standard InChI is InChI=1S/C13H19N5S/c1-5-11-8(2)15-13(14)17-12(11)18(4)6-10-7-19-9(3)16-10/h7H,5-6H2,1-4H3,(H2,14,15,17). The predicted octanol–water partition coefficient (Wildman–Crippen LogP) is 2.33. The summed E-state index contributed by atoms with van der Waals surface area (Å²) in [5.74, 6) is 1.23. The largest absolute Gasteiger partial charge is 0.368 e. The molecular formula is C13H19N5S. The van der Waals surface area contributed by atoms with Crippen LogP contribution in [0.25, 0.3) is 0 Å². The maximum Gasteiger partial charge on any atom is 0.222 e. The van der Waals surface area contributed by atoms with Crippen molar-refractivity contribution < 1.29 is 0 Å². The molecule has 0 radical (unpaired) electrons. The van der Waals surface area contributed by atoms with Crippen LogP contribution in [-0.4, -0.2) is 22.0 Å². The highest BCUT2D eigenvalue weighted by Gasteiger charge is 2.14. The maximum atomic E-state index is 5.76. The lowest BCUT2D eigenvalue weighted by molar-refractivity contribution is 0.845. The smallest absolute Gasteiger partial charge is 0.222 e. The van der Waals surface area contributed by atoms with Gasteiger partial charge in [-0.2, -0.15) is 4.98 Å². The summed E-state index contributed by atoms with van der Waals surface area (Å²) < 4.78 is 0. The number of nitrogen functional groups attached to an aromatic ring is 1. The first-order valence-corrected chi connectivity index (χ1v) is 7.14. The molecule has 102 valence electrons. The van der Waals surface area contributed by atoms with E-state index in [1.54, 1.807) is 11.3 Å². The molecule has 2 aromatic rings. The number of aromatic nitrogens is 3. The first-order valence-electron chi connectivity index (χ1n) is 6.26. The van der Waals surface area contributed by atoms with Gasteiger partial charge in [0.15, 0.2) is 0 Å². The zero-order valence-electron chi connectivity index (χ0n) is 11.8. The van der Waals surface area contributed by atoms with Gasteiger partial charge < -0.3 is 10.6 Å². The van der Waals surface area contributed by atoms with Crippen molar-refractivity contribution in [2.24, 2.45) is 0 Å². The molecule has 5 nitrogen and oxygen atoms in total. The Morgan fingerprint density at radius 1 is 1.26 bits per heavy atom. The molecule has 0 unspecified atom stereocenters. The van der Waals surface area contributed by atoms with Crippen molar-refractivity contribution in [3.05, 3.63) is 27.3 Å². The van der Waals surface area contributed by atoms with Gasteiger partial charge in [-0.25, -0.2) is 9.97 Å². The monoisotopic (exact) mass is 277 g/mol. The third-order valence-corrected chi connectivity index (χ3v) is 3.81. The fourth-order valence-electron chi connectivity index (χ4n) is 2.13. The quantitative estimate of drug-likeness (QED) is 0.929. The second kappa shape index (κ2) is 5.52. The molecule has 2 rings (SSSR count). The minimum atomic E-state index is 0.325. The molecule has 0 bridgehead atoms. The number of hydrogen-bond acceptors (Lipinski definition) is 6. The molecule has 0 spiro atoms. The Hall–Kier alpha value is -1.69. The average Bonchev–Trinajstić information content (AvgIpc) is 2.73. The lowest BCUT2D eigenvalue weighted by atomic mass is 10.1. The van der Waals surface area contributed by atoms with Gasteiger partial charge in [-0.15, -0.1) is 11.3 Å². The van der Waals surface area contributed by atoms with Crippen LogP contribution < -0.4 is 10.6 Å². The molecule has 19 heavy (non-hydrogen) atoms. The number of hydrogen-bond donors (Lipinski definition) is 1. The van der Waals surface area contributed by atoms with Crippen LogP contribution in [0.15, 0.2) is 5.38 Å². The van der Waals surface area contributed by atoms with E-state index in [-0.39, 0.29) is 0 Å². The Morgan fingerprint density at radius 2 is 2.00 bits per heavy atom. The third-order valence-electron chi connectivity index (χ3n) is 2.99. The zero-order chi connectivity index (χ0) is 14.0. The number of aryl methyl sites for hydroxylation is 2. The number of rotatable bonds is 4. The van der Waals surface area contributed by atoms with Crippen molar-refractivity contribution in [2.45, 2.75) is 33.7 Å². The van der Waals surface area contributed by atoms with Crippen molar-refractivity contribution >= 4 is 23.1 Å². The minimum Gasteiger partial charge on any atom is -0.368 e. The molecule has 2 N–H and O–H groups in total. The maximum absolute atomic E-state index is 5.76. The molecule has 0 saturated heterocycles. The summed E-state index contributed by atoms with van der Waals surface area (Å²) in [6.45, 7) is 6.82. The Balaban J connectivity index is 2.30. The van der Waals surface area contributed by atoms with E-state index in [2.05, 4.69) is 32.2 Å². The van der Waals surface area contributed by atoms with E-state index in [4.69, 9.17) is 5.73 Å². The topological polar surface area (TPSA) is 67.9 Å². The van der Waals surface area contributed by atoms with Crippen LogP contribution in [0.3, 0.4) is 0 Å². The summed E-state index contributed by atoms with van der Waals surface area (Å²) in [6, 6.07) is 0. The van der Waals surface area contributed by atoms with Gasteiger partial charge in [0.1, 0.15) is 5.82 Å². The lowest BCUT2D eigenvalue weighted by Gasteiger charge is -2.21. The van der Waals surface area contributed by atoms with Crippen LogP contribution in [0.5, 0.6) is 0 Å². The van der Waals surface area contributed by atoms with E-state index in [1.165, 1.54) is 0 Å². The summed E-state index contributed by atoms with van der Waals surface area (Å²) in [6.07, 6.45) is 0.891. The van der Waals surface area contributed by atoms with E-state index < -0.39 is 0 Å². The van der Waals surface area contributed by atoms with Crippen molar-refractivity contribution in [3.63, 3.8) is 0 Å². The first-order chi connectivity index (χ1) is 9.01. The molecule has 0 amide bonds. The SMILES string of the molecule is CCc1c(C)nc(N)nc1N(C)Cc1csc(C)n1. The highest BCUT2D eigenvalue weighted by atomic mass is 32.1. The average molecular weight is 277 g/mol. The van der Waals surface area contributed by atoms with Gasteiger partial charge in [0.05, 0.1) is 17.2 Å². The lowest BCUT2D eigenvalue weighted by Crippen LogP contribution is -2.21. The normalized spacial score (nSPS) is 10.7. The van der Waals surface area contributed by atoms with Gasteiger partial charge in [-0.05, 0) is 20.3 Å². The van der Waals surface area contributed by atoms with Crippen molar-refractivity contribution in [1.82, 2.24) is 15.0 Å². The molecule has 0 fully saturated rings. The molecule has 0 saturated carbocycles. The number of anilines is 2. The van der Waals surface area contributed by atoms with Crippen molar-refractivity contribution in [1.29, 1.82) is 0 Å². The van der Waals surface area contributed by atoms with E-state index >= 15 is 0 Å². The molecule has 2 heterocycles. The fourth-order valence-corrected chi connectivity index (χ4v) is 2.73. The summed E-state index contributed by atoms with van der Waals surface area (Å²) in [4.78, 5) is 15.2. The molecule has 0 aliphatic rings. The summed E-state index contributed by atoms with van der Waals surface area (Å²) in [7, 11) is 2.01. The predicted molar refractivity (Wildman–Crippen MR) is 79.5 cm³/mol. The second-order valence-electron chi connectivity index (χ2n) is 4.54. The van der Waals surface area contributed by atoms with E-state index in [9.17, 15) is 0 Å². The van der Waals surface area contributed by atoms with E-state index in [0.29, 0.717) is 5.95 Å². The molecule has 0 aliphatic carbocycles. The highest BCUT2D eigenvalue weighted by molar-refractivity contribution is 7.09. The van der Waals surface area contributed by atoms with Crippen molar-refractivity contribution in [2.75, 3.05) is 17.7 Å². The summed E-state index contributed by atoms with van der Waals surface area (Å²) >= 11 is 1.66.